The monoisotopic (exact) mass is 200 g/mol. The predicted octanol–water partition coefficient (Wildman–Crippen LogP) is -1.85. The average Bonchev–Trinajstić information content (AvgIpc) is 2.10. The number of aliphatic carboxylic acids is 1. The summed E-state index contributed by atoms with van der Waals surface area (Å²) in [6, 6.07) is 1.05. The first-order valence-electron chi connectivity index (χ1n) is 3.65. The zero-order chi connectivity index (χ0) is 10.7. The number of carboxylic acids is 1. The molecule has 0 amide bonds. The molecular formula is C7H8N2O5. The maximum absolute atomic E-state index is 11.3. The second-order valence-electron chi connectivity index (χ2n) is 2.44. The molecule has 1 aromatic rings. The molecule has 7 heteroatoms. The van der Waals surface area contributed by atoms with E-state index in [2.05, 4.69) is 4.84 Å². The summed E-state index contributed by atoms with van der Waals surface area (Å²) in [6.45, 7) is -0.511. The largest absolute Gasteiger partial charge is 0.480 e. The van der Waals surface area contributed by atoms with E-state index in [-0.39, 0.29) is 0 Å². The van der Waals surface area contributed by atoms with Gasteiger partial charge in [0.25, 0.3) is 5.56 Å². The van der Waals surface area contributed by atoms with E-state index in [0.29, 0.717) is 4.73 Å². The van der Waals surface area contributed by atoms with E-state index in [0.717, 1.165) is 23.9 Å². The molecule has 0 fully saturated rings. The molecular weight excluding hydrogens is 192 g/mol. The molecule has 0 aromatic carbocycles. The Bertz CT molecular complexity index is 458. The van der Waals surface area contributed by atoms with Gasteiger partial charge < -0.3 is 9.94 Å². The second kappa shape index (κ2) is 3.77. The lowest BCUT2D eigenvalue weighted by Gasteiger charge is -2.05. The normalized spacial score (nSPS) is 9.79. The van der Waals surface area contributed by atoms with Gasteiger partial charge in [-0.2, -0.15) is 0 Å². The number of carboxylic acid groups (broad SMARTS) is 1. The molecule has 76 valence electrons. The Balaban J connectivity index is 3.29. The molecule has 1 rings (SSSR count). The van der Waals surface area contributed by atoms with Crippen LogP contribution in [-0.4, -0.2) is 27.5 Å². The maximum atomic E-state index is 11.3. The molecule has 0 aliphatic rings. The van der Waals surface area contributed by atoms with Crippen molar-refractivity contribution in [3.05, 3.63) is 33.1 Å². The van der Waals surface area contributed by atoms with E-state index in [1.165, 1.54) is 0 Å². The molecule has 0 saturated heterocycles. The van der Waals surface area contributed by atoms with Gasteiger partial charge in [-0.3, -0.25) is 14.2 Å². The zero-order valence-corrected chi connectivity index (χ0v) is 7.34. The lowest BCUT2D eigenvalue weighted by molar-refractivity contribution is -0.137. The van der Waals surface area contributed by atoms with Crippen molar-refractivity contribution in [2.45, 2.75) is 6.54 Å². The van der Waals surface area contributed by atoms with Crippen LogP contribution in [-0.2, 0) is 11.3 Å². The van der Waals surface area contributed by atoms with Crippen molar-refractivity contribution in [3.63, 3.8) is 0 Å². The Hall–Kier alpha value is -2.05. The fourth-order valence-corrected chi connectivity index (χ4v) is 0.930. The third-order valence-corrected chi connectivity index (χ3v) is 1.50. The molecule has 0 saturated carbocycles. The van der Waals surface area contributed by atoms with Crippen molar-refractivity contribution < 1.29 is 14.7 Å². The lowest BCUT2D eigenvalue weighted by Crippen LogP contribution is -2.42. The van der Waals surface area contributed by atoms with Gasteiger partial charge in [0.1, 0.15) is 13.7 Å². The highest BCUT2D eigenvalue weighted by Gasteiger charge is 2.06. The van der Waals surface area contributed by atoms with Gasteiger partial charge in [0.05, 0.1) is 0 Å². The van der Waals surface area contributed by atoms with E-state index >= 15 is 0 Å². The van der Waals surface area contributed by atoms with E-state index < -0.39 is 23.8 Å². The quantitative estimate of drug-likeness (QED) is 0.618. The molecule has 0 unspecified atom stereocenters. The molecule has 14 heavy (non-hydrogen) atoms. The number of hydrogen-bond donors (Lipinski definition) is 1. The summed E-state index contributed by atoms with van der Waals surface area (Å²) < 4.78 is 1.33. The molecule has 0 bridgehead atoms. The van der Waals surface area contributed by atoms with Gasteiger partial charge in [-0.15, -0.1) is 0 Å². The van der Waals surface area contributed by atoms with Gasteiger partial charge in [-0.25, -0.2) is 4.79 Å². The molecule has 0 spiro atoms. The molecule has 0 radical (unpaired) electrons. The summed E-state index contributed by atoms with van der Waals surface area (Å²) >= 11 is 0. The molecule has 1 N–H and O–H groups in total. The number of carbonyl (C=O) groups is 1. The first-order valence-corrected chi connectivity index (χ1v) is 3.65. The highest BCUT2D eigenvalue weighted by atomic mass is 16.7. The van der Waals surface area contributed by atoms with Crippen LogP contribution in [0.25, 0.3) is 0 Å². The van der Waals surface area contributed by atoms with Crippen molar-refractivity contribution in [3.8, 4) is 0 Å². The lowest BCUT2D eigenvalue weighted by atomic mass is 10.6. The number of nitrogens with zero attached hydrogens (tertiary/aromatic N) is 2. The Morgan fingerprint density at radius 3 is 2.71 bits per heavy atom. The van der Waals surface area contributed by atoms with Gasteiger partial charge in [0, 0.05) is 12.3 Å². The van der Waals surface area contributed by atoms with Gasteiger partial charge in [0.15, 0.2) is 0 Å². The van der Waals surface area contributed by atoms with Crippen LogP contribution < -0.4 is 16.1 Å². The molecule has 0 atom stereocenters. The van der Waals surface area contributed by atoms with Crippen molar-refractivity contribution in [1.29, 1.82) is 0 Å². The fraction of sp³-hybridized carbons (Fsp3) is 0.286. The third kappa shape index (κ3) is 1.82. The summed E-state index contributed by atoms with van der Waals surface area (Å²) in [5.41, 5.74) is -1.46. The van der Waals surface area contributed by atoms with Gasteiger partial charge in [0.2, 0.25) is 0 Å². The molecule has 7 nitrogen and oxygen atoms in total. The standard InChI is InChI=1S/C7H8N2O5/c1-14-9-5(10)2-3-8(7(9)13)4-6(11)12/h2-3H,4H2,1H3,(H,11,12). The smallest absolute Gasteiger partial charge is 0.365 e. The fourth-order valence-electron chi connectivity index (χ4n) is 0.930. The Labute approximate surface area is 77.7 Å². The van der Waals surface area contributed by atoms with E-state index in [1.54, 1.807) is 0 Å². The first kappa shape index (κ1) is 10.0. The van der Waals surface area contributed by atoms with Crippen molar-refractivity contribution in [2.75, 3.05) is 7.11 Å². The minimum Gasteiger partial charge on any atom is -0.480 e. The van der Waals surface area contributed by atoms with Crippen LogP contribution in [0.3, 0.4) is 0 Å². The SMILES string of the molecule is COn1c(=O)ccn(CC(=O)O)c1=O. The Morgan fingerprint density at radius 2 is 2.21 bits per heavy atom. The Kier molecular flexibility index (Phi) is 2.70. The van der Waals surface area contributed by atoms with Gasteiger partial charge in [-0.1, -0.05) is 4.73 Å². The van der Waals surface area contributed by atoms with Crippen LogP contribution in [0.5, 0.6) is 0 Å². The topological polar surface area (TPSA) is 90.5 Å². The van der Waals surface area contributed by atoms with Gasteiger partial charge >= 0.3 is 11.7 Å². The minimum absolute atomic E-state index is 0.475. The highest BCUT2D eigenvalue weighted by molar-refractivity contribution is 5.66. The van der Waals surface area contributed by atoms with Crippen molar-refractivity contribution >= 4 is 5.97 Å². The molecule has 0 aliphatic carbocycles. The van der Waals surface area contributed by atoms with Crippen molar-refractivity contribution in [2.24, 2.45) is 0 Å². The summed E-state index contributed by atoms with van der Waals surface area (Å²) in [5, 5.41) is 8.44. The predicted molar refractivity (Wildman–Crippen MR) is 45.1 cm³/mol. The summed E-state index contributed by atoms with van der Waals surface area (Å²) in [7, 11) is 1.15. The minimum atomic E-state index is -1.17. The van der Waals surface area contributed by atoms with Crippen LogP contribution >= 0.6 is 0 Å². The average molecular weight is 200 g/mol. The van der Waals surface area contributed by atoms with Crippen molar-refractivity contribution in [1.82, 2.24) is 9.30 Å². The summed E-state index contributed by atoms with van der Waals surface area (Å²) in [5.74, 6) is -1.17. The molecule has 1 heterocycles. The third-order valence-electron chi connectivity index (χ3n) is 1.50. The first-order chi connectivity index (χ1) is 6.56. The van der Waals surface area contributed by atoms with Crippen LogP contribution in [0.15, 0.2) is 21.9 Å². The summed E-state index contributed by atoms with van der Waals surface area (Å²) in [4.78, 5) is 37.1. The van der Waals surface area contributed by atoms with E-state index in [4.69, 9.17) is 5.11 Å². The number of aromatic nitrogens is 2. The Morgan fingerprint density at radius 1 is 1.57 bits per heavy atom. The second-order valence-corrected chi connectivity index (χ2v) is 2.44. The number of rotatable bonds is 3. The van der Waals surface area contributed by atoms with Crippen LogP contribution in [0.1, 0.15) is 0 Å². The van der Waals surface area contributed by atoms with Crippen LogP contribution in [0, 0.1) is 0 Å². The van der Waals surface area contributed by atoms with Gasteiger partial charge in [-0.05, 0) is 0 Å². The highest BCUT2D eigenvalue weighted by Crippen LogP contribution is 1.77. The number of hydrogen-bond acceptors (Lipinski definition) is 4. The summed E-state index contributed by atoms with van der Waals surface area (Å²) in [6.07, 6.45) is 1.11. The van der Waals surface area contributed by atoms with Crippen LogP contribution in [0.2, 0.25) is 0 Å². The molecule has 0 aliphatic heterocycles. The van der Waals surface area contributed by atoms with Crippen LogP contribution in [0.4, 0.5) is 0 Å². The zero-order valence-electron chi connectivity index (χ0n) is 7.34. The molecule has 1 aromatic heterocycles. The van der Waals surface area contributed by atoms with E-state index in [9.17, 15) is 14.4 Å². The maximum Gasteiger partial charge on any atom is 0.365 e. The van der Waals surface area contributed by atoms with E-state index in [1.807, 2.05) is 0 Å².